The van der Waals surface area contributed by atoms with Crippen LogP contribution in [0.3, 0.4) is 0 Å². The van der Waals surface area contributed by atoms with E-state index in [-0.39, 0.29) is 18.2 Å². The predicted molar refractivity (Wildman–Crippen MR) is 79.4 cm³/mol. The van der Waals surface area contributed by atoms with Crippen molar-refractivity contribution in [2.75, 3.05) is 23.8 Å². The number of halogens is 1. The van der Waals surface area contributed by atoms with E-state index in [0.717, 1.165) is 5.56 Å². The molecule has 0 unspecified atom stereocenters. The van der Waals surface area contributed by atoms with E-state index in [1.165, 1.54) is 0 Å². The fraction of sp³-hybridized carbons (Fsp3) is 0.429. The Kier molecular flexibility index (Phi) is 3.61. The largest absolute Gasteiger partial charge is 0.381 e. The zero-order valence-corrected chi connectivity index (χ0v) is 12.1. The van der Waals surface area contributed by atoms with Crippen LogP contribution in [0.5, 0.6) is 0 Å². The molecule has 1 saturated heterocycles. The molecule has 0 radical (unpaired) electrons. The lowest BCUT2D eigenvalue weighted by Crippen LogP contribution is -2.54. The quantitative estimate of drug-likeness (QED) is 0.767. The summed E-state index contributed by atoms with van der Waals surface area (Å²) >= 11 is 6.15. The maximum atomic E-state index is 12.4. The molecule has 6 nitrogen and oxygen atoms in total. The minimum Gasteiger partial charge on any atom is -0.381 e. The average molecular weight is 310 g/mol. The van der Waals surface area contributed by atoms with E-state index in [2.05, 4.69) is 10.6 Å². The number of hydrogen-bond acceptors (Lipinski definition) is 4. The summed E-state index contributed by atoms with van der Waals surface area (Å²) in [7, 11) is 0. The van der Waals surface area contributed by atoms with Crippen LogP contribution in [0.1, 0.15) is 18.4 Å². The second-order valence-electron chi connectivity index (χ2n) is 5.44. The number of rotatable bonds is 2. The van der Waals surface area contributed by atoms with E-state index < -0.39 is 5.54 Å². The first-order valence-corrected chi connectivity index (χ1v) is 7.16. The number of amides is 2. The minimum atomic E-state index is -0.936. The molecule has 0 aliphatic carbocycles. The highest BCUT2D eigenvalue weighted by Gasteiger charge is 2.36. The number of nitrogens with two attached hydrogens (primary N) is 1. The fourth-order valence-electron chi connectivity index (χ4n) is 2.55. The lowest BCUT2D eigenvalue weighted by molar-refractivity contribution is -0.124. The Morgan fingerprint density at radius 1 is 1.38 bits per heavy atom. The van der Waals surface area contributed by atoms with Crippen molar-refractivity contribution >= 4 is 34.8 Å². The first kappa shape index (κ1) is 14.3. The summed E-state index contributed by atoms with van der Waals surface area (Å²) in [4.78, 5) is 23.7. The van der Waals surface area contributed by atoms with Crippen molar-refractivity contribution < 1.29 is 14.3 Å². The Morgan fingerprint density at radius 2 is 2.10 bits per heavy atom. The number of carbonyl (C=O) groups excluding carboxylic acids is 2. The highest BCUT2D eigenvalue weighted by atomic mass is 35.5. The number of ether oxygens (including phenoxy) is 1. The summed E-state index contributed by atoms with van der Waals surface area (Å²) in [5.41, 5.74) is 7.19. The molecule has 1 aromatic rings. The van der Waals surface area contributed by atoms with Crippen LogP contribution < -0.4 is 16.4 Å². The molecule has 7 heteroatoms. The van der Waals surface area contributed by atoms with E-state index in [4.69, 9.17) is 22.1 Å². The third-order valence-corrected chi connectivity index (χ3v) is 4.22. The molecule has 0 spiro atoms. The van der Waals surface area contributed by atoms with Crippen LogP contribution in [0.15, 0.2) is 12.1 Å². The molecule has 1 fully saturated rings. The molecule has 0 atom stereocenters. The van der Waals surface area contributed by atoms with Crippen LogP contribution >= 0.6 is 11.6 Å². The molecule has 2 heterocycles. The van der Waals surface area contributed by atoms with Crippen LogP contribution in [0.25, 0.3) is 0 Å². The second kappa shape index (κ2) is 5.29. The molecule has 1 aromatic carbocycles. The van der Waals surface area contributed by atoms with Crippen molar-refractivity contribution in [3.8, 4) is 0 Å². The molecule has 3 rings (SSSR count). The zero-order valence-electron chi connectivity index (χ0n) is 11.4. The van der Waals surface area contributed by atoms with Gasteiger partial charge in [-0.3, -0.25) is 9.59 Å². The zero-order chi connectivity index (χ0) is 15.0. The Morgan fingerprint density at radius 3 is 2.81 bits per heavy atom. The molecule has 2 aliphatic heterocycles. The normalized spacial score (nSPS) is 19.8. The van der Waals surface area contributed by atoms with Crippen LogP contribution in [0.2, 0.25) is 5.02 Å². The smallest absolute Gasteiger partial charge is 0.244 e. The predicted octanol–water partition coefficient (Wildman–Crippen LogP) is 1.28. The van der Waals surface area contributed by atoms with E-state index in [0.29, 0.717) is 42.5 Å². The molecular weight excluding hydrogens is 294 g/mol. The standard InChI is InChI=1S/C14H16ClN3O3/c15-9-7-10-8(6-12(19)17-10)5-11(9)18-13(20)14(16)1-3-21-4-2-14/h5,7H,1-4,6,16H2,(H,17,19)(H,18,20). The van der Waals surface area contributed by atoms with Gasteiger partial charge in [0.15, 0.2) is 0 Å². The number of anilines is 2. The molecule has 4 N–H and O–H groups in total. The van der Waals surface area contributed by atoms with Gasteiger partial charge in [0.05, 0.1) is 17.1 Å². The molecule has 0 aromatic heterocycles. The summed E-state index contributed by atoms with van der Waals surface area (Å²) < 4.78 is 5.23. The Hall–Kier alpha value is -1.63. The minimum absolute atomic E-state index is 0.0794. The van der Waals surface area contributed by atoms with Crippen LogP contribution in [0, 0.1) is 0 Å². The second-order valence-corrected chi connectivity index (χ2v) is 5.84. The summed E-state index contributed by atoms with van der Waals surface area (Å²) in [6, 6.07) is 3.36. The lowest BCUT2D eigenvalue weighted by atomic mass is 9.90. The van der Waals surface area contributed by atoms with Gasteiger partial charge in [-0.2, -0.15) is 0 Å². The Balaban J connectivity index is 1.80. The summed E-state index contributed by atoms with van der Waals surface area (Å²) in [6.45, 7) is 0.945. The summed E-state index contributed by atoms with van der Waals surface area (Å²) in [5, 5.41) is 5.86. The van der Waals surface area contributed by atoms with Gasteiger partial charge in [0.1, 0.15) is 5.54 Å². The van der Waals surface area contributed by atoms with Gasteiger partial charge in [-0.05, 0) is 30.5 Å². The Bertz CT molecular complexity index is 612. The van der Waals surface area contributed by atoms with E-state index in [1.807, 2.05) is 0 Å². The van der Waals surface area contributed by atoms with Gasteiger partial charge in [0, 0.05) is 18.9 Å². The van der Waals surface area contributed by atoms with Gasteiger partial charge >= 0.3 is 0 Å². The molecule has 2 aliphatic rings. The van der Waals surface area contributed by atoms with Gasteiger partial charge in [-0.25, -0.2) is 0 Å². The van der Waals surface area contributed by atoms with E-state index in [1.54, 1.807) is 12.1 Å². The summed E-state index contributed by atoms with van der Waals surface area (Å²) in [5.74, 6) is -0.353. The van der Waals surface area contributed by atoms with Gasteiger partial charge < -0.3 is 21.1 Å². The third kappa shape index (κ3) is 2.74. The van der Waals surface area contributed by atoms with Crippen molar-refractivity contribution in [2.24, 2.45) is 5.73 Å². The highest BCUT2D eigenvalue weighted by Crippen LogP contribution is 2.33. The lowest BCUT2D eigenvalue weighted by Gasteiger charge is -2.31. The first-order valence-electron chi connectivity index (χ1n) is 6.78. The summed E-state index contributed by atoms with van der Waals surface area (Å²) in [6.07, 6.45) is 1.24. The van der Waals surface area contributed by atoms with Gasteiger partial charge in [-0.15, -0.1) is 0 Å². The van der Waals surface area contributed by atoms with Crippen LogP contribution in [-0.4, -0.2) is 30.6 Å². The van der Waals surface area contributed by atoms with E-state index in [9.17, 15) is 9.59 Å². The molecular formula is C14H16ClN3O3. The van der Waals surface area contributed by atoms with Crippen molar-refractivity contribution in [2.45, 2.75) is 24.8 Å². The van der Waals surface area contributed by atoms with Crippen LogP contribution in [0.4, 0.5) is 11.4 Å². The molecule has 0 bridgehead atoms. The monoisotopic (exact) mass is 309 g/mol. The van der Waals surface area contributed by atoms with Crippen molar-refractivity contribution in [1.29, 1.82) is 0 Å². The maximum Gasteiger partial charge on any atom is 0.244 e. The number of hydrogen-bond donors (Lipinski definition) is 3. The number of benzene rings is 1. The fourth-order valence-corrected chi connectivity index (χ4v) is 2.76. The number of fused-ring (bicyclic) bond motifs is 1. The number of carbonyl (C=O) groups is 2. The number of nitrogens with one attached hydrogen (secondary N) is 2. The Labute approximate surface area is 127 Å². The third-order valence-electron chi connectivity index (χ3n) is 3.90. The SMILES string of the molecule is NC1(C(=O)Nc2cc3c(cc2Cl)NC(=O)C3)CCOCC1. The average Bonchev–Trinajstić information content (AvgIpc) is 2.79. The molecule has 0 saturated carbocycles. The molecule has 2 amide bonds. The van der Waals surface area contributed by atoms with Gasteiger partial charge in [-0.1, -0.05) is 11.6 Å². The first-order chi connectivity index (χ1) is 9.98. The van der Waals surface area contributed by atoms with Crippen molar-refractivity contribution in [3.05, 3.63) is 22.7 Å². The van der Waals surface area contributed by atoms with Crippen LogP contribution in [-0.2, 0) is 20.7 Å². The molecule has 21 heavy (non-hydrogen) atoms. The van der Waals surface area contributed by atoms with Gasteiger partial charge in [0.2, 0.25) is 11.8 Å². The van der Waals surface area contributed by atoms with Crippen molar-refractivity contribution in [3.63, 3.8) is 0 Å². The highest BCUT2D eigenvalue weighted by molar-refractivity contribution is 6.34. The topological polar surface area (TPSA) is 93.5 Å². The van der Waals surface area contributed by atoms with E-state index >= 15 is 0 Å². The molecule has 112 valence electrons. The maximum absolute atomic E-state index is 12.4. The van der Waals surface area contributed by atoms with Gasteiger partial charge in [0.25, 0.3) is 0 Å². The van der Waals surface area contributed by atoms with Crippen molar-refractivity contribution in [1.82, 2.24) is 0 Å².